The Hall–Kier alpha value is -7.12. The maximum atomic E-state index is 13.1. The molecule has 12 rings (SSSR count). The SMILES string of the molecule is CC(C)Oc1ccccc1N1CCN(C2CCC(NS(=O)(=O)c3ccc(S(C)(=O)=O)cc3)CC2)CC1.COc1ccc(OC)c(S(=O)(=O)NC2CCC(N3CCN(c4ccccc4OC(C)C)CC3)CC2)c1.COc1ccc(S(=O)(=O)NC2CCC(N3CCN(c4ccccc4OC(C)C)CC3)CC2)cc1OC. The first kappa shape index (κ1) is 83.4. The molecule has 6 aromatic rings. The summed E-state index contributed by atoms with van der Waals surface area (Å²) in [6.45, 7) is 24.0. The molecular weight excluding hydrogens is 1460 g/mol. The van der Waals surface area contributed by atoms with Crippen molar-refractivity contribution in [1.82, 2.24) is 28.9 Å². The van der Waals surface area contributed by atoms with E-state index in [4.69, 9.17) is 33.2 Å². The molecule has 3 aliphatic carbocycles. The van der Waals surface area contributed by atoms with Gasteiger partial charge in [-0.25, -0.2) is 47.8 Å². The second kappa shape index (κ2) is 38.2. The van der Waals surface area contributed by atoms with Crippen LogP contribution < -0.4 is 62.0 Å². The summed E-state index contributed by atoms with van der Waals surface area (Å²) in [6, 6.07) is 40.9. The first-order chi connectivity index (χ1) is 51.6. The molecule has 6 aromatic carbocycles. The minimum atomic E-state index is -3.72. The van der Waals surface area contributed by atoms with Gasteiger partial charge in [-0.05, 0) is 204 Å². The Morgan fingerprint density at radius 1 is 0.324 bits per heavy atom. The van der Waals surface area contributed by atoms with E-state index in [0.717, 1.165) is 190 Å². The molecule has 24 nitrogen and oxygen atoms in total. The molecule has 0 amide bonds. The van der Waals surface area contributed by atoms with Crippen molar-refractivity contribution in [3.8, 4) is 40.2 Å². The lowest BCUT2D eigenvalue weighted by Gasteiger charge is -2.43. The summed E-state index contributed by atoms with van der Waals surface area (Å²) in [5.74, 6) is 4.53. The van der Waals surface area contributed by atoms with Gasteiger partial charge in [0.15, 0.2) is 21.3 Å². The Balaban J connectivity index is 0.000000173. The highest BCUT2D eigenvalue weighted by Gasteiger charge is 2.36. The zero-order valence-electron chi connectivity index (χ0n) is 64.8. The Kier molecular flexibility index (Phi) is 29.5. The van der Waals surface area contributed by atoms with Gasteiger partial charge in [0.05, 0.1) is 78.5 Å². The van der Waals surface area contributed by atoms with Gasteiger partial charge in [0.25, 0.3) is 0 Å². The zero-order chi connectivity index (χ0) is 77.3. The van der Waals surface area contributed by atoms with Crippen LogP contribution in [0.3, 0.4) is 0 Å². The van der Waals surface area contributed by atoms with E-state index in [1.165, 1.54) is 70.5 Å². The van der Waals surface area contributed by atoms with Gasteiger partial charge < -0.3 is 47.9 Å². The first-order valence-electron chi connectivity index (χ1n) is 38.2. The van der Waals surface area contributed by atoms with Gasteiger partial charge >= 0.3 is 0 Å². The molecule has 0 spiro atoms. The minimum absolute atomic E-state index is 0.0549. The van der Waals surface area contributed by atoms with Crippen LogP contribution in [0.15, 0.2) is 153 Å². The van der Waals surface area contributed by atoms with Gasteiger partial charge in [-0.15, -0.1) is 0 Å². The summed E-state index contributed by atoms with van der Waals surface area (Å²) in [4.78, 5) is 15.4. The molecule has 6 aliphatic rings. The minimum Gasteiger partial charge on any atom is -0.497 e. The lowest BCUT2D eigenvalue weighted by atomic mass is 9.90. The molecule has 0 bridgehead atoms. The number of hydrogen-bond acceptors (Lipinski definition) is 21. The third kappa shape index (κ3) is 22.6. The number of nitrogens with zero attached hydrogens (tertiary/aromatic N) is 6. The van der Waals surface area contributed by atoms with Gasteiger partial charge in [0.1, 0.15) is 33.6 Å². The number of para-hydroxylation sites is 6. The summed E-state index contributed by atoms with van der Waals surface area (Å²) in [5, 5.41) is 0. The Bertz CT molecular complexity index is 4320. The van der Waals surface area contributed by atoms with E-state index in [1.807, 2.05) is 50.2 Å². The number of hydrogen-bond donors (Lipinski definition) is 3. The molecule has 3 N–H and O–H groups in total. The zero-order valence-corrected chi connectivity index (χ0v) is 68.1. The highest BCUT2D eigenvalue weighted by atomic mass is 32.2. The number of methoxy groups -OCH3 is 4. The van der Waals surface area contributed by atoms with Gasteiger partial charge in [0.2, 0.25) is 30.1 Å². The van der Waals surface area contributed by atoms with Crippen LogP contribution in [0.5, 0.6) is 40.2 Å². The average molecular weight is 1570 g/mol. The van der Waals surface area contributed by atoms with Crippen LogP contribution in [0.4, 0.5) is 17.1 Å². The van der Waals surface area contributed by atoms with E-state index in [0.29, 0.717) is 41.1 Å². The molecule has 3 aliphatic heterocycles. The molecule has 108 heavy (non-hydrogen) atoms. The quantitative estimate of drug-likeness (QED) is 0.0456. The van der Waals surface area contributed by atoms with E-state index < -0.39 is 39.9 Å². The van der Waals surface area contributed by atoms with Crippen LogP contribution in [-0.4, -0.2) is 216 Å². The van der Waals surface area contributed by atoms with Gasteiger partial charge in [-0.1, -0.05) is 36.4 Å². The monoisotopic (exact) mass is 1570 g/mol. The van der Waals surface area contributed by atoms with Crippen LogP contribution in [-0.2, 0) is 39.9 Å². The Labute approximate surface area is 643 Å². The molecular formula is C80H115N9O15S4. The van der Waals surface area contributed by atoms with E-state index in [1.54, 1.807) is 24.3 Å². The molecule has 0 atom stereocenters. The van der Waals surface area contributed by atoms with Gasteiger partial charge in [-0.3, -0.25) is 14.7 Å². The van der Waals surface area contributed by atoms with Gasteiger partial charge in [-0.2, -0.15) is 0 Å². The highest BCUT2D eigenvalue weighted by Crippen LogP contribution is 2.38. The maximum absolute atomic E-state index is 13.1. The van der Waals surface area contributed by atoms with Crippen molar-refractivity contribution < 1.29 is 66.8 Å². The molecule has 3 heterocycles. The van der Waals surface area contributed by atoms with E-state index in [2.05, 4.69) is 108 Å². The first-order valence-corrected chi connectivity index (χ1v) is 44.5. The fourth-order valence-electron chi connectivity index (χ4n) is 15.6. The lowest BCUT2D eigenvalue weighted by Crippen LogP contribution is -2.52. The van der Waals surface area contributed by atoms with E-state index >= 15 is 0 Å². The molecule has 6 fully saturated rings. The number of nitrogens with one attached hydrogen (secondary N) is 3. The summed E-state index contributed by atoms with van der Waals surface area (Å²) >= 11 is 0. The van der Waals surface area contributed by atoms with Crippen molar-refractivity contribution >= 4 is 57.0 Å². The fourth-order valence-corrected chi connectivity index (χ4v) is 20.3. The molecule has 3 saturated carbocycles. The number of rotatable bonds is 26. The third-order valence-electron chi connectivity index (χ3n) is 21.1. The van der Waals surface area contributed by atoms with Crippen LogP contribution in [0, 0.1) is 0 Å². The van der Waals surface area contributed by atoms with Crippen molar-refractivity contribution in [3.63, 3.8) is 0 Å². The van der Waals surface area contributed by atoms with Crippen molar-refractivity contribution in [2.75, 3.05) is 128 Å². The Morgan fingerprint density at radius 3 is 0.972 bits per heavy atom. The predicted octanol–water partition coefficient (Wildman–Crippen LogP) is 11.1. The number of sulfone groups is 1. The number of ether oxygens (including phenoxy) is 7. The lowest BCUT2D eigenvalue weighted by molar-refractivity contribution is 0.139. The molecule has 0 unspecified atom stereocenters. The third-order valence-corrected chi connectivity index (χ3v) is 26.9. The van der Waals surface area contributed by atoms with E-state index in [9.17, 15) is 33.7 Å². The van der Waals surface area contributed by atoms with Crippen LogP contribution in [0.1, 0.15) is 119 Å². The maximum Gasteiger partial charge on any atom is 0.244 e. The average Bonchev–Trinajstić information content (AvgIpc) is 0.757. The largest absolute Gasteiger partial charge is 0.497 e. The second-order valence-electron chi connectivity index (χ2n) is 29.6. The summed E-state index contributed by atoms with van der Waals surface area (Å²) in [6.07, 6.45) is 12.3. The summed E-state index contributed by atoms with van der Waals surface area (Å²) in [7, 11) is -8.38. The summed E-state index contributed by atoms with van der Waals surface area (Å²) < 4.78 is 149. The molecule has 0 radical (unpaired) electrons. The molecule has 28 heteroatoms. The molecule has 0 aromatic heterocycles. The predicted molar refractivity (Wildman–Crippen MR) is 426 cm³/mol. The topological polar surface area (TPSA) is 257 Å². The van der Waals surface area contributed by atoms with Crippen molar-refractivity contribution in [2.24, 2.45) is 0 Å². The van der Waals surface area contributed by atoms with Crippen LogP contribution in [0.25, 0.3) is 0 Å². The number of benzene rings is 6. The fraction of sp³-hybridized carbons (Fsp3) is 0.550. The van der Waals surface area contributed by atoms with Crippen LogP contribution in [0.2, 0.25) is 0 Å². The number of piperazine rings is 3. The second-order valence-corrected chi connectivity index (χ2v) is 36.8. The smallest absolute Gasteiger partial charge is 0.244 e. The Morgan fingerprint density at radius 2 is 0.639 bits per heavy atom. The number of sulfonamides is 3. The standard InChI is InChI=1S/2C27H39N3O5S.C26H37N3O5S2/c1-20(2)35-25-8-6-5-7-24(25)30-17-15-29(16-18-30)22-11-9-21(10-12-22)28-36(31,32)23-13-14-26(33-3)27(19-23)34-4;1-20(2)35-25-8-6-5-7-24(25)30-17-15-29(16-18-30)22-11-9-21(10-12-22)28-36(31,32)27-19-23(33-3)13-14-26(27)34-4;1-20(2)34-26-7-5-4-6-25(26)29-18-16-28(17-19-29)22-10-8-21(9-11-22)27-36(32,33)24-14-12-23(13-15-24)35(3,30)31/h2*5-8,13-14,19-22,28H,9-12,15-18H2,1-4H3;4-7,12-15,20-22,27H,8-11,16-19H2,1-3H3. The van der Waals surface area contributed by atoms with Gasteiger partial charge in [0, 0.05) is 133 Å². The van der Waals surface area contributed by atoms with Crippen molar-refractivity contribution in [1.29, 1.82) is 0 Å². The highest BCUT2D eigenvalue weighted by molar-refractivity contribution is 7.91. The molecule has 3 saturated heterocycles. The summed E-state index contributed by atoms with van der Waals surface area (Å²) in [5.41, 5.74) is 3.48. The van der Waals surface area contributed by atoms with E-state index in [-0.39, 0.29) is 56.0 Å². The number of anilines is 3. The van der Waals surface area contributed by atoms with Crippen molar-refractivity contribution in [2.45, 2.75) is 193 Å². The molecule has 594 valence electrons. The normalized spacial score (nSPS) is 21.6. The van der Waals surface area contributed by atoms with Crippen LogP contribution >= 0.6 is 0 Å². The van der Waals surface area contributed by atoms with Crippen molar-refractivity contribution in [3.05, 3.63) is 133 Å².